The SMILES string of the molecule is COc1cc(CNC23CC4CC(CC(C4)C2)C3)c(Br)cc1OCc1ccccc1C. The lowest BCUT2D eigenvalue weighted by molar-refractivity contribution is -0.0206. The quantitative estimate of drug-likeness (QED) is 0.508. The molecule has 4 aliphatic carbocycles. The van der Waals surface area contributed by atoms with E-state index in [4.69, 9.17) is 9.47 Å². The van der Waals surface area contributed by atoms with Gasteiger partial charge in [0, 0.05) is 16.6 Å². The fourth-order valence-electron chi connectivity index (χ4n) is 6.52. The molecule has 1 N–H and O–H groups in total. The molecule has 0 unspecified atom stereocenters. The number of ether oxygens (including phenoxy) is 2. The van der Waals surface area contributed by atoms with Gasteiger partial charge >= 0.3 is 0 Å². The summed E-state index contributed by atoms with van der Waals surface area (Å²) in [5.74, 6) is 4.46. The third-order valence-electron chi connectivity index (χ3n) is 7.67. The van der Waals surface area contributed by atoms with Gasteiger partial charge in [-0.3, -0.25) is 0 Å². The van der Waals surface area contributed by atoms with Crippen molar-refractivity contribution in [1.29, 1.82) is 0 Å². The number of hydrogen-bond donors (Lipinski definition) is 1. The van der Waals surface area contributed by atoms with E-state index in [9.17, 15) is 0 Å². The van der Waals surface area contributed by atoms with E-state index < -0.39 is 0 Å². The lowest BCUT2D eigenvalue weighted by Gasteiger charge is -2.57. The number of rotatable bonds is 7. The third kappa shape index (κ3) is 4.01. The van der Waals surface area contributed by atoms with Crippen molar-refractivity contribution < 1.29 is 9.47 Å². The number of hydrogen-bond acceptors (Lipinski definition) is 3. The first-order valence-electron chi connectivity index (χ1n) is 11.3. The summed E-state index contributed by atoms with van der Waals surface area (Å²) in [7, 11) is 1.72. The molecule has 0 saturated heterocycles. The van der Waals surface area contributed by atoms with Gasteiger partial charge in [0.1, 0.15) is 6.61 Å². The number of halogens is 1. The Bertz CT molecular complexity index is 890. The molecule has 0 aromatic heterocycles. The molecular weight excluding hydrogens is 438 g/mol. The van der Waals surface area contributed by atoms with Crippen LogP contribution >= 0.6 is 15.9 Å². The zero-order chi connectivity index (χ0) is 20.7. The standard InChI is InChI=1S/C26H32BrNO2/c1-17-5-3-4-6-21(17)16-30-25-11-23(27)22(10-24(25)29-2)15-28-26-12-18-7-19(13-26)9-20(8-18)14-26/h3-6,10-11,18-20,28H,7-9,12-16H2,1-2H3. The van der Waals surface area contributed by atoms with Gasteiger partial charge in [0.2, 0.25) is 0 Å². The molecule has 0 radical (unpaired) electrons. The molecule has 2 aromatic carbocycles. The largest absolute Gasteiger partial charge is 0.493 e. The first kappa shape index (κ1) is 20.4. The molecule has 4 bridgehead atoms. The average molecular weight is 470 g/mol. The normalized spacial score (nSPS) is 29.2. The Balaban J connectivity index is 1.29. The molecule has 0 aliphatic heterocycles. The molecule has 4 fully saturated rings. The highest BCUT2D eigenvalue weighted by molar-refractivity contribution is 9.10. The Labute approximate surface area is 188 Å². The van der Waals surface area contributed by atoms with E-state index in [1.165, 1.54) is 55.2 Å². The van der Waals surface area contributed by atoms with Crippen molar-refractivity contribution in [3.63, 3.8) is 0 Å². The van der Waals surface area contributed by atoms with Crippen LogP contribution in [0.1, 0.15) is 55.2 Å². The van der Waals surface area contributed by atoms with Gasteiger partial charge in [0.15, 0.2) is 11.5 Å². The maximum Gasteiger partial charge on any atom is 0.162 e. The van der Waals surface area contributed by atoms with E-state index in [-0.39, 0.29) is 0 Å². The van der Waals surface area contributed by atoms with Crippen molar-refractivity contribution in [2.24, 2.45) is 17.8 Å². The second kappa shape index (κ2) is 8.20. The van der Waals surface area contributed by atoms with E-state index in [2.05, 4.69) is 64.6 Å². The predicted molar refractivity (Wildman–Crippen MR) is 124 cm³/mol. The van der Waals surface area contributed by atoms with Crippen LogP contribution in [0.25, 0.3) is 0 Å². The molecule has 6 rings (SSSR count). The van der Waals surface area contributed by atoms with Gasteiger partial charge in [-0.2, -0.15) is 0 Å². The van der Waals surface area contributed by atoms with Gasteiger partial charge in [-0.05, 0) is 92.0 Å². The van der Waals surface area contributed by atoms with Crippen molar-refractivity contribution in [2.75, 3.05) is 7.11 Å². The number of benzene rings is 2. The van der Waals surface area contributed by atoms with Crippen LogP contribution in [0.5, 0.6) is 11.5 Å². The molecule has 0 heterocycles. The summed E-state index contributed by atoms with van der Waals surface area (Å²) in [6.07, 6.45) is 8.53. The van der Waals surface area contributed by atoms with Crippen molar-refractivity contribution in [3.05, 3.63) is 57.6 Å². The topological polar surface area (TPSA) is 30.5 Å². The summed E-state index contributed by atoms with van der Waals surface area (Å²) in [5, 5.41) is 3.99. The van der Waals surface area contributed by atoms with Gasteiger partial charge in [0.25, 0.3) is 0 Å². The maximum atomic E-state index is 6.13. The van der Waals surface area contributed by atoms with Crippen LogP contribution in [-0.4, -0.2) is 12.6 Å². The molecule has 4 aliphatic rings. The van der Waals surface area contributed by atoms with Crippen LogP contribution in [0.2, 0.25) is 0 Å². The fraction of sp³-hybridized carbons (Fsp3) is 0.538. The highest BCUT2D eigenvalue weighted by Crippen LogP contribution is 2.55. The molecule has 3 nitrogen and oxygen atoms in total. The van der Waals surface area contributed by atoms with Gasteiger partial charge in [-0.1, -0.05) is 40.2 Å². The molecule has 2 aromatic rings. The minimum Gasteiger partial charge on any atom is -0.493 e. The summed E-state index contributed by atoms with van der Waals surface area (Å²) in [6, 6.07) is 12.5. The first-order valence-corrected chi connectivity index (χ1v) is 12.1. The van der Waals surface area contributed by atoms with Gasteiger partial charge in [0.05, 0.1) is 7.11 Å². The zero-order valence-corrected chi connectivity index (χ0v) is 19.6. The first-order chi connectivity index (χ1) is 14.5. The molecule has 4 heteroatoms. The van der Waals surface area contributed by atoms with Crippen LogP contribution in [-0.2, 0) is 13.2 Å². The maximum absolute atomic E-state index is 6.13. The average Bonchev–Trinajstić information content (AvgIpc) is 2.71. The number of methoxy groups -OCH3 is 1. The van der Waals surface area contributed by atoms with E-state index in [1.807, 2.05) is 0 Å². The smallest absolute Gasteiger partial charge is 0.162 e. The van der Waals surface area contributed by atoms with Crippen molar-refractivity contribution >= 4 is 15.9 Å². The molecule has 0 spiro atoms. The van der Waals surface area contributed by atoms with Gasteiger partial charge in [-0.25, -0.2) is 0 Å². The minimum atomic E-state index is 0.363. The highest BCUT2D eigenvalue weighted by Gasteiger charge is 2.50. The third-order valence-corrected chi connectivity index (χ3v) is 8.41. The van der Waals surface area contributed by atoms with Crippen molar-refractivity contribution in [2.45, 2.75) is 64.1 Å². The van der Waals surface area contributed by atoms with Crippen LogP contribution in [0, 0.1) is 24.7 Å². The Morgan fingerprint density at radius 3 is 2.27 bits per heavy atom. The van der Waals surface area contributed by atoms with Gasteiger partial charge in [-0.15, -0.1) is 0 Å². The summed E-state index contributed by atoms with van der Waals surface area (Å²) >= 11 is 3.79. The zero-order valence-electron chi connectivity index (χ0n) is 18.0. The number of aryl methyl sites for hydroxylation is 1. The Kier molecular flexibility index (Phi) is 5.57. The van der Waals surface area contributed by atoms with Crippen molar-refractivity contribution in [1.82, 2.24) is 5.32 Å². The molecule has 160 valence electrons. The Hall–Kier alpha value is -1.52. The van der Waals surface area contributed by atoms with Gasteiger partial charge < -0.3 is 14.8 Å². The van der Waals surface area contributed by atoms with Crippen LogP contribution < -0.4 is 14.8 Å². The lowest BCUT2D eigenvalue weighted by Crippen LogP contribution is -2.58. The second-order valence-electron chi connectivity index (χ2n) is 9.86. The molecule has 0 amide bonds. The van der Waals surface area contributed by atoms with Crippen molar-refractivity contribution in [3.8, 4) is 11.5 Å². The lowest BCUT2D eigenvalue weighted by atomic mass is 9.53. The summed E-state index contributed by atoms with van der Waals surface area (Å²) in [5.41, 5.74) is 4.04. The molecule has 0 atom stereocenters. The van der Waals surface area contributed by atoms with E-state index in [0.717, 1.165) is 40.3 Å². The highest BCUT2D eigenvalue weighted by atomic mass is 79.9. The Morgan fingerprint density at radius 1 is 0.967 bits per heavy atom. The molecular formula is C26H32BrNO2. The van der Waals surface area contributed by atoms with E-state index in [1.54, 1.807) is 7.11 Å². The van der Waals surface area contributed by atoms with E-state index >= 15 is 0 Å². The number of nitrogens with one attached hydrogen (secondary N) is 1. The molecule has 4 saturated carbocycles. The van der Waals surface area contributed by atoms with E-state index in [0.29, 0.717) is 12.1 Å². The second-order valence-corrected chi connectivity index (χ2v) is 10.7. The minimum absolute atomic E-state index is 0.363. The monoisotopic (exact) mass is 469 g/mol. The van der Waals surface area contributed by atoms with Crippen LogP contribution in [0.15, 0.2) is 40.9 Å². The summed E-state index contributed by atoms with van der Waals surface area (Å²) < 4.78 is 12.9. The van der Waals surface area contributed by atoms with Crippen LogP contribution in [0.4, 0.5) is 0 Å². The Morgan fingerprint density at radius 2 is 1.63 bits per heavy atom. The summed E-state index contributed by atoms with van der Waals surface area (Å²) in [4.78, 5) is 0. The molecule has 30 heavy (non-hydrogen) atoms. The van der Waals surface area contributed by atoms with Crippen LogP contribution in [0.3, 0.4) is 0 Å². The predicted octanol–water partition coefficient (Wildman–Crippen LogP) is 6.40. The fourth-order valence-corrected chi connectivity index (χ4v) is 6.98. The summed E-state index contributed by atoms with van der Waals surface area (Å²) in [6.45, 7) is 3.53.